The van der Waals surface area contributed by atoms with Gasteiger partial charge in [-0.05, 0) is 48.5 Å². The van der Waals surface area contributed by atoms with Gasteiger partial charge in [-0.25, -0.2) is 9.59 Å². The Labute approximate surface area is 182 Å². The molecule has 158 valence electrons. The highest BCUT2D eigenvalue weighted by Gasteiger charge is 2.40. The number of hydrogen-bond donors (Lipinski definition) is 0. The molecule has 9 heteroatoms. The van der Waals surface area contributed by atoms with Crippen LogP contribution < -0.4 is 0 Å². The molecule has 30 heavy (non-hydrogen) atoms. The molecule has 7 nitrogen and oxygen atoms in total. The van der Waals surface area contributed by atoms with Crippen LogP contribution in [0.1, 0.15) is 34.1 Å². The van der Waals surface area contributed by atoms with E-state index in [0.29, 0.717) is 21.2 Å². The first-order valence-corrected chi connectivity index (χ1v) is 9.79. The van der Waals surface area contributed by atoms with Gasteiger partial charge in [0.1, 0.15) is 18.8 Å². The lowest BCUT2D eigenvalue weighted by atomic mass is 10.1. The minimum Gasteiger partial charge on any atom is -0.459 e. The van der Waals surface area contributed by atoms with Gasteiger partial charge in [-0.3, -0.25) is 4.79 Å². The third-order valence-corrected chi connectivity index (χ3v) is 4.76. The predicted molar refractivity (Wildman–Crippen MR) is 107 cm³/mol. The third kappa shape index (κ3) is 5.95. The summed E-state index contributed by atoms with van der Waals surface area (Å²) >= 11 is 11.6. The van der Waals surface area contributed by atoms with Crippen LogP contribution in [0.4, 0.5) is 0 Å². The Hall–Kier alpha value is -2.61. The lowest BCUT2D eigenvalue weighted by Crippen LogP contribution is -2.32. The lowest BCUT2D eigenvalue weighted by Gasteiger charge is -2.18. The van der Waals surface area contributed by atoms with Crippen LogP contribution in [0.5, 0.6) is 0 Å². The number of carbonyl (C=O) groups excluding carboxylic acids is 3. The van der Waals surface area contributed by atoms with Crippen molar-refractivity contribution in [1.29, 1.82) is 0 Å². The van der Waals surface area contributed by atoms with Gasteiger partial charge in [-0.1, -0.05) is 23.2 Å². The highest BCUT2D eigenvalue weighted by molar-refractivity contribution is 6.30. The number of hydrogen-bond acceptors (Lipinski definition) is 7. The Bertz CT molecular complexity index is 912. The number of ether oxygens (including phenoxy) is 4. The average molecular weight is 453 g/mol. The van der Waals surface area contributed by atoms with Crippen LogP contribution in [-0.4, -0.2) is 43.0 Å². The van der Waals surface area contributed by atoms with E-state index in [4.69, 9.17) is 42.1 Å². The summed E-state index contributed by atoms with van der Waals surface area (Å²) < 4.78 is 21.5. The molecule has 0 spiro atoms. The van der Waals surface area contributed by atoms with E-state index in [0.717, 1.165) is 0 Å². The van der Waals surface area contributed by atoms with Crippen LogP contribution in [0.25, 0.3) is 0 Å². The van der Waals surface area contributed by atoms with Crippen LogP contribution in [0, 0.1) is 0 Å². The van der Waals surface area contributed by atoms with Crippen molar-refractivity contribution in [3.8, 4) is 0 Å². The topological polar surface area (TPSA) is 88.1 Å². The van der Waals surface area contributed by atoms with Crippen LogP contribution in [-0.2, 0) is 23.7 Å². The minimum atomic E-state index is -0.912. The standard InChI is InChI=1S/C21H18Cl2O7/c1-12(24)28-19-10-17(30-21(26)14-4-8-16(23)9-5-14)18(29-19)11-27-20(25)13-2-6-15(22)7-3-13/h2-9,17-19H,10-11H2,1H3. The molecule has 2 aromatic rings. The van der Waals surface area contributed by atoms with Crippen molar-refractivity contribution < 1.29 is 33.3 Å². The molecule has 3 unspecified atom stereocenters. The van der Waals surface area contributed by atoms with E-state index in [1.807, 2.05) is 0 Å². The monoisotopic (exact) mass is 452 g/mol. The molecule has 0 bridgehead atoms. The predicted octanol–water partition coefficient (Wildman–Crippen LogP) is 4.05. The molecule has 0 aliphatic carbocycles. The van der Waals surface area contributed by atoms with E-state index >= 15 is 0 Å². The lowest BCUT2D eigenvalue weighted by molar-refractivity contribution is -0.175. The van der Waals surface area contributed by atoms with Crippen LogP contribution in [0.2, 0.25) is 10.0 Å². The molecule has 3 rings (SSSR count). The zero-order valence-corrected chi connectivity index (χ0v) is 17.4. The van der Waals surface area contributed by atoms with Gasteiger partial charge >= 0.3 is 17.9 Å². The largest absolute Gasteiger partial charge is 0.459 e. The van der Waals surface area contributed by atoms with Gasteiger partial charge in [0.25, 0.3) is 0 Å². The van der Waals surface area contributed by atoms with E-state index in [-0.39, 0.29) is 13.0 Å². The van der Waals surface area contributed by atoms with Gasteiger partial charge in [0.05, 0.1) is 17.5 Å². The number of esters is 3. The fourth-order valence-electron chi connectivity index (χ4n) is 2.83. The number of carbonyl (C=O) groups is 3. The molecular weight excluding hydrogens is 435 g/mol. The molecule has 2 aromatic carbocycles. The smallest absolute Gasteiger partial charge is 0.338 e. The fourth-order valence-corrected chi connectivity index (χ4v) is 3.08. The normalized spacial score (nSPS) is 20.4. The Morgan fingerprint density at radius 3 is 1.97 bits per heavy atom. The Morgan fingerprint density at radius 1 is 0.900 bits per heavy atom. The zero-order chi connectivity index (χ0) is 21.7. The summed E-state index contributed by atoms with van der Waals surface area (Å²) in [4.78, 5) is 35.9. The second kappa shape index (κ2) is 9.93. The second-order valence-electron chi connectivity index (χ2n) is 6.51. The molecule has 1 heterocycles. The number of benzene rings is 2. The molecule has 1 aliphatic heterocycles. The van der Waals surface area contributed by atoms with E-state index in [9.17, 15) is 14.4 Å². The molecular formula is C21H18Cl2O7. The highest BCUT2D eigenvalue weighted by atomic mass is 35.5. The Kier molecular flexibility index (Phi) is 7.31. The summed E-state index contributed by atoms with van der Waals surface area (Å²) in [7, 11) is 0. The van der Waals surface area contributed by atoms with E-state index in [2.05, 4.69) is 0 Å². The average Bonchev–Trinajstić information content (AvgIpc) is 3.07. The quantitative estimate of drug-likeness (QED) is 0.482. The maximum absolute atomic E-state index is 12.4. The minimum absolute atomic E-state index is 0.113. The Morgan fingerprint density at radius 2 is 1.43 bits per heavy atom. The molecule has 3 atom stereocenters. The third-order valence-electron chi connectivity index (χ3n) is 4.26. The maximum atomic E-state index is 12.4. The zero-order valence-electron chi connectivity index (χ0n) is 15.9. The van der Waals surface area contributed by atoms with Crippen molar-refractivity contribution in [1.82, 2.24) is 0 Å². The van der Waals surface area contributed by atoms with Crippen LogP contribution in [0.3, 0.4) is 0 Å². The van der Waals surface area contributed by atoms with Gasteiger partial charge in [-0.2, -0.15) is 0 Å². The summed E-state index contributed by atoms with van der Waals surface area (Å²) in [6.45, 7) is 1.05. The molecule has 0 N–H and O–H groups in total. The van der Waals surface area contributed by atoms with Crippen molar-refractivity contribution in [2.45, 2.75) is 31.8 Å². The number of rotatable bonds is 6. The molecule has 0 aromatic heterocycles. The molecule has 1 aliphatic rings. The van der Waals surface area contributed by atoms with Crippen molar-refractivity contribution in [2.24, 2.45) is 0 Å². The van der Waals surface area contributed by atoms with Gasteiger partial charge in [0.15, 0.2) is 0 Å². The van der Waals surface area contributed by atoms with Crippen LogP contribution in [0.15, 0.2) is 48.5 Å². The van der Waals surface area contributed by atoms with Gasteiger partial charge < -0.3 is 18.9 Å². The molecule has 0 radical (unpaired) electrons. The van der Waals surface area contributed by atoms with Crippen molar-refractivity contribution in [3.05, 3.63) is 69.7 Å². The maximum Gasteiger partial charge on any atom is 0.338 e. The first-order valence-electron chi connectivity index (χ1n) is 9.04. The summed E-state index contributed by atoms with van der Waals surface area (Å²) in [5.41, 5.74) is 0.607. The van der Waals surface area contributed by atoms with Crippen LogP contribution >= 0.6 is 23.2 Å². The van der Waals surface area contributed by atoms with Gasteiger partial charge in [-0.15, -0.1) is 0 Å². The summed E-state index contributed by atoms with van der Waals surface area (Å²) in [6, 6.07) is 12.4. The second-order valence-corrected chi connectivity index (χ2v) is 7.38. The number of halogens is 2. The van der Waals surface area contributed by atoms with Crippen molar-refractivity contribution >= 4 is 41.1 Å². The SMILES string of the molecule is CC(=O)OC1CC(OC(=O)c2ccc(Cl)cc2)C(COC(=O)c2ccc(Cl)cc2)O1. The van der Waals surface area contributed by atoms with E-state index in [1.54, 1.807) is 24.3 Å². The van der Waals surface area contributed by atoms with Gasteiger partial charge in [0.2, 0.25) is 6.29 Å². The summed E-state index contributed by atoms with van der Waals surface area (Å²) in [6.07, 6.45) is -2.38. The van der Waals surface area contributed by atoms with E-state index in [1.165, 1.54) is 31.2 Å². The Balaban J connectivity index is 1.65. The molecule has 0 amide bonds. The highest BCUT2D eigenvalue weighted by Crippen LogP contribution is 2.26. The summed E-state index contributed by atoms with van der Waals surface area (Å²) in [5, 5.41) is 0.974. The van der Waals surface area contributed by atoms with Crippen molar-refractivity contribution in [2.75, 3.05) is 6.61 Å². The van der Waals surface area contributed by atoms with Crippen molar-refractivity contribution in [3.63, 3.8) is 0 Å². The summed E-state index contributed by atoms with van der Waals surface area (Å²) in [5.74, 6) is -1.73. The first kappa shape index (κ1) is 22.1. The molecule has 1 saturated heterocycles. The van der Waals surface area contributed by atoms with Gasteiger partial charge in [0, 0.05) is 17.0 Å². The first-order chi connectivity index (χ1) is 14.3. The molecule has 0 saturated carbocycles. The van der Waals surface area contributed by atoms with E-state index < -0.39 is 36.4 Å². The fraction of sp³-hybridized carbons (Fsp3) is 0.286. The molecule has 1 fully saturated rings.